The third-order valence-corrected chi connectivity index (χ3v) is 7.68. The van der Waals surface area contributed by atoms with E-state index in [4.69, 9.17) is 10.7 Å². The van der Waals surface area contributed by atoms with Crippen molar-refractivity contribution in [3.8, 4) is 11.3 Å². The summed E-state index contributed by atoms with van der Waals surface area (Å²) >= 11 is 0. The lowest BCUT2D eigenvalue weighted by Gasteiger charge is -2.44. The Bertz CT molecular complexity index is 1420. The predicted octanol–water partition coefficient (Wildman–Crippen LogP) is 3.79. The average molecular weight is 489 g/mol. The maximum Gasteiger partial charge on any atom is 0.218 e. The number of hydrogen-bond donors (Lipinski definition) is 2. The summed E-state index contributed by atoms with van der Waals surface area (Å²) in [5.41, 5.74) is 14.1. The number of anilines is 1. The zero-order valence-electron chi connectivity index (χ0n) is 22.0. The van der Waals surface area contributed by atoms with E-state index in [1.165, 1.54) is 11.1 Å². The van der Waals surface area contributed by atoms with Gasteiger partial charge in [-0.05, 0) is 56.9 Å². The molecule has 9 heteroatoms. The van der Waals surface area contributed by atoms with Gasteiger partial charge in [0.1, 0.15) is 12.1 Å². The van der Waals surface area contributed by atoms with Gasteiger partial charge in [-0.3, -0.25) is 9.69 Å². The first kappa shape index (κ1) is 24.2. The number of nitrogens with zero attached hydrogens (tertiary/aromatic N) is 6. The third-order valence-electron chi connectivity index (χ3n) is 7.68. The van der Waals surface area contributed by atoms with E-state index in [2.05, 4.69) is 84.7 Å². The molecule has 190 valence electrons. The molecule has 9 nitrogen and oxygen atoms in total. The fourth-order valence-electron chi connectivity index (χ4n) is 5.70. The molecule has 1 fully saturated rings. The van der Waals surface area contributed by atoms with Gasteiger partial charge in [0, 0.05) is 55.5 Å². The Balaban J connectivity index is 1.53. The summed E-state index contributed by atoms with van der Waals surface area (Å²) in [4.78, 5) is 29.3. The van der Waals surface area contributed by atoms with Crippen LogP contribution in [0.2, 0.25) is 0 Å². The first-order chi connectivity index (χ1) is 17.2. The minimum absolute atomic E-state index is 0.248. The van der Waals surface area contributed by atoms with Crippen LogP contribution < -0.4 is 10.6 Å². The Morgan fingerprint density at radius 2 is 1.89 bits per heavy atom. The van der Waals surface area contributed by atoms with Gasteiger partial charge in [-0.25, -0.2) is 14.5 Å². The fourth-order valence-corrected chi connectivity index (χ4v) is 5.70. The standard InChI is InChI=1S/C27H36N8O/c1-15(2)24-25(20-13-35-27(29-14-30-35)19(6)18(20)5)31-21-7-8-23(32-26(21)24)33-11-16(3)34(17(4)12-33)10-9-22(28)36/h7-8,13-17,31H,9-12H2,1-6H3,(H2,28,36)/t16-,17+. The van der Waals surface area contributed by atoms with Crippen LogP contribution in [-0.4, -0.2) is 67.1 Å². The van der Waals surface area contributed by atoms with Crippen LogP contribution in [0.4, 0.5) is 5.82 Å². The first-order valence-corrected chi connectivity index (χ1v) is 12.8. The molecule has 0 aromatic carbocycles. The number of nitrogens with one attached hydrogen (secondary N) is 1. The quantitative estimate of drug-likeness (QED) is 0.428. The Morgan fingerprint density at radius 1 is 1.17 bits per heavy atom. The van der Waals surface area contributed by atoms with Crippen LogP contribution in [0, 0.1) is 13.8 Å². The number of nitrogens with two attached hydrogens (primary N) is 1. The summed E-state index contributed by atoms with van der Waals surface area (Å²) in [5, 5.41) is 4.39. The van der Waals surface area contributed by atoms with Crippen LogP contribution in [0.3, 0.4) is 0 Å². The molecule has 0 bridgehead atoms. The molecule has 4 aromatic rings. The van der Waals surface area contributed by atoms with Crippen LogP contribution in [0.1, 0.15) is 56.7 Å². The van der Waals surface area contributed by atoms with Crippen molar-refractivity contribution in [2.75, 3.05) is 24.5 Å². The highest BCUT2D eigenvalue weighted by atomic mass is 16.1. The van der Waals surface area contributed by atoms with Crippen molar-refractivity contribution in [1.82, 2.24) is 29.5 Å². The van der Waals surface area contributed by atoms with E-state index >= 15 is 0 Å². The number of piperazine rings is 1. The molecule has 0 aliphatic carbocycles. The summed E-state index contributed by atoms with van der Waals surface area (Å²) in [6.07, 6.45) is 4.06. The largest absolute Gasteiger partial charge is 0.370 e. The number of aromatic nitrogens is 5. The molecule has 1 aliphatic heterocycles. The van der Waals surface area contributed by atoms with E-state index in [9.17, 15) is 4.79 Å². The Hall–Kier alpha value is -3.46. The van der Waals surface area contributed by atoms with Crippen LogP contribution >= 0.6 is 0 Å². The number of carbonyl (C=O) groups is 1. The molecule has 1 saturated heterocycles. The van der Waals surface area contributed by atoms with Gasteiger partial charge in [-0.1, -0.05) is 13.8 Å². The van der Waals surface area contributed by atoms with Crippen LogP contribution in [0.5, 0.6) is 0 Å². The topological polar surface area (TPSA) is 108 Å². The van der Waals surface area contributed by atoms with Crippen molar-refractivity contribution in [3.63, 3.8) is 0 Å². The molecule has 0 unspecified atom stereocenters. The summed E-state index contributed by atoms with van der Waals surface area (Å²) in [7, 11) is 0. The molecule has 0 spiro atoms. The summed E-state index contributed by atoms with van der Waals surface area (Å²) < 4.78 is 1.85. The van der Waals surface area contributed by atoms with E-state index in [0.717, 1.165) is 52.4 Å². The highest BCUT2D eigenvalue weighted by Gasteiger charge is 2.30. The number of amides is 1. The predicted molar refractivity (Wildman–Crippen MR) is 143 cm³/mol. The maximum absolute atomic E-state index is 11.3. The second-order valence-electron chi connectivity index (χ2n) is 10.5. The van der Waals surface area contributed by atoms with Gasteiger partial charge in [-0.2, -0.15) is 5.10 Å². The van der Waals surface area contributed by atoms with Gasteiger partial charge in [-0.15, -0.1) is 0 Å². The number of pyridine rings is 2. The van der Waals surface area contributed by atoms with Crippen molar-refractivity contribution < 1.29 is 4.79 Å². The molecule has 1 aliphatic rings. The van der Waals surface area contributed by atoms with Gasteiger partial charge >= 0.3 is 0 Å². The Morgan fingerprint density at radius 3 is 2.56 bits per heavy atom. The molecule has 2 atom stereocenters. The molecule has 3 N–H and O–H groups in total. The normalized spacial score (nSPS) is 19.1. The molecule has 0 radical (unpaired) electrons. The minimum Gasteiger partial charge on any atom is -0.370 e. The van der Waals surface area contributed by atoms with E-state index in [1.54, 1.807) is 6.33 Å². The minimum atomic E-state index is -0.248. The average Bonchev–Trinajstić information content (AvgIpc) is 3.44. The van der Waals surface area contributed by atoms with E-state index in [0.29, 0.717) is 25.0 Å². The lowest BCUT2D eigenvalue weighted by molar-refractivity contribution is -0.118. The van der Waals surface area contributed by atoms with Crippen molar-refractivity contribution >= 4 is 28.4 Å². The fraction of sp³-hybridized carbons (Fsp3) is 0.481. The van der Waals surface area contributed by atoms with E-state index < -0.39 is 0 Å². The maximum atomic E-state index is 11.3. The van der Waals surface area contributed by atoms with E-state index in [1.807, 2.05) is 4.52 Å². The number of rotatable bonds is 6. The molecule has 1 amide bonds. The second kappa shape index (κ2) is 9.20. The first-order valence-electron chi connectivity index (χ1n) is 12.8. The smallest absolute Gasteiger partial charge is 0.218 e. The molecular formula is C27H36N8O. The SMILES string of the molecule is Cc1c(-c2[nH]c3ccc(N4C[C@@H](C)N(CCC(N)=O)[C@@H](C)C4)nc3c2C(C)C)cn2ncnc2c1C. The van der Waals surface area contributed by atoms with Gasteiger partial charge < -0.3 is 15.6 Å². The van der Waals surface area contributed by atoms with Crippen molar-refractivity contribution in [1.29, 1.82) is 0 Å². The Kier molecular flexibility index (Phi) is 6.20. The number of primary amides is 1. The van der Waals surface area contributed by atoms with Gasteiger partial charge in [0.15, 0.2) is 5.65 Å². The number of hydrogen-bond acceptors (Lipinski definition) is 6. The molecular weight excluding hydrogens is 452 g/mol. The van der Waals surface area contributed by atoms with Gasteiger partial charge in [0.2, 0.25) is 5.91 Å². The zero-order valence-corrected chi connectivity index (χ0v) is 22.0. The Labute approximate surface area is 211 Å². The number of fused-ring (bicyclic) bond motifs is 2. The number of aromatic amines is 1. The third kappa shape index (κ3) is 4.11. The summed E-state index contributed by atoms with van der Waals surface area (Å²) in [6, 6.07) is 4.87. The second-order valence-corrected chi connectivity index (χ2v) is 10.5. The zero-order chi connectivity index (χ0) is 25.7. The molecule has 4 aromatic heterocycles. The summed E-state index contributed by atoms with van der Waals surface area (Å²) in [6.45, 7) is 15.5. The lowest BCUT2D eigenvalue weighted by atomic mass is 9.95. The lowest BCUT2D eigenvalue weighted by Crippen LogP contribution is -2.57. The molecule has 36 heavy (non-hydrogen) atoms. The number of aryl methyl sites for hydroxylation is 1. The highest BCUT2D eigenvalue weighted by molar-refractivity contribution is 5.90. The van der Waals surface area contributed by atoms with Crippen LogP contribution in [-0.2, 0) is 4.79 Å². The van der Waals surface area contributed by atoms with Gasteiger partial charge in [0.05, 0.1) is 16.7 Å². The number of carbonyl (C=O) groups excluding carboxylic acids is 1. The highest BCUT2D eigenvalue weighted by Crippen LogP contribution is 2.38. The number of H-pyrrole nitrogens is 1. The van der Waals surface area contributed by atoms with Crippen molar-refractivity contribution in [2.45, 2.75) is 66.0 Å². The monoisotopic (exact) mass is 488 g/mol. The van der Waals surface area contributed by atoms with Crippen molar-refractivity contribution in [3.05, 3.63) is 41.3 Å². The van der Waals surface area contributed by atoms with Gasteiger partial charge in [0.25, 0.3) is 0 Å². The van der Waals surface area contributed by atoms with Crippen LogP contribution in [0.25, 0.3) is 27.9 Å². The van der Waals surface area contributed by atoms with E-state index in [-0.39, 0.29) is 11.8 Å². The molecule has 0 saturated carbocycles. The molecule has 5 rings (SSSR count). The molecule has 5 heterocycles. The summed E-state index contributed by atoms with van der Waals surface area (Å²) in [5.74, 6) is 1.02. The van der Waals surface area contributed by atoms with Crippen molar-refractivity contribution in [2.24, 2.45) is 5.73 Å². The van der Waals surface area contributed by atoms with Crippen LogP contribution in [0.15, 0.2) is 24.7 Å².